The molecule has 0 aliphatic carbocycles. The van der Waals surface area contributed by atoms with Gasteiger partial charge < -0.3 is 16.2 Å². The van der Waals surface area contributed by atoms with E-state index in [4.69, 9.17) is 5.73 Å². The molecule has 238 valence electrons. The fourth-order valence-corrected chi connectivity index (χ4v) is 6.14. The van der Waals surface area contributed by atoms with Gasteiger partial charge in [-0.15, -0.1) is 5.11 Å². The molecule has 4 aromatic carbocycles. The highest BCUT2D eigenvalue weighted by Gasteiger charge is 2.26. The minimum Gasteiger partial charge on any atom is -0.505 e. The van der Waals surface area contributed by atoms with Crippen LogP contribution >= 0.6 is 0 Å². The Morgan fingerprint density at radius 2 is 1.38 bits per heavy atom. The molecule has 0 fully saturated rings. The number of amides is 1. The van der Waals surface area contributed by atoms with Gasteiger partial charge in [0.1, 0.15) is 15.5 Å². The Morgan fingerprint density at radius 1 is 0.822 bits per heavy atom. The predicted octanol–water partition coefficient (Wildman–Crippen LogP) is 7.09. The number of aryl methyl sites for hydroxylation is 2. The average molecular weight is 655 g/mol. The van der Waals surface area contributed by atoms with E-state index in [1.165, 1.54) is 12.1 Å². The van der Waals surface area contributed by atoms with Crippen molar-refractivity contribution in [3.05, 3.63) is 65.7 Å². The van der Waals surface area contributed by atoms with Crippen LogP contribution in [-0.4, -0.2) is 37.0 Å². The second-order valence-corrected chi connectivity index (χ2v) is 14.7. The Morgan fingerprint density at radius 3 is 1.93 bits per heavy atom. The topological polar surface area (TPSA) is 209 Å². The molecule has 0 bridgehead atoms. The van der Waals surface area contributed by atoms with E-state index in [0.717, 1.165) is 34.4 Å². The number of azo groups is 1. The van der Waals surface area contributed by atoms with Gasteiger partial charge in [-0.3, -0.25) is 13.9 Å². The fourth-order valence-electron chi connectivity index (χ4n) is 4.70. The first-order chi connectivity index (χ1) is 20.8. The van der Waals surface area contributed by atoms with E-state index in [2.05, 4.69) is 36.3 Å². The van der Waals surface area contributed by atoms with Crippen LogP contribution in [0, 0.1) is 19.3 Å². The lowest BCUT2D eigenvalue weighted by atomic mass is 9.90. The van der Waals surface area contributed by atoms with Crippen LogP contribution in [-0.2, 0) is 25.0 Å². The summed E-state index contributed by atoms with van der Waals surface area (Å²) in [6.45, 7) is 10.00. The fraction of sp³-hybridized carbons (Fsp3) is 0.258. The molecule has 45 heavy (non-hydrogen) atoms. The third kappa shape index (κ3) is 7.65. The molecule has 4 rings (SSSR count). The quantitative estimate of drug-likeness (QED) is 0.0745. The van der Waals surface area contributed by atoms with Gasteiger partial charge in [0.25, 0.3) is 20.2 Å². The monoisotopic (exact) mass is 654 g/mol. The Kier molecular flexibility index (Phi) is 9.09. The summed E-state index contributed by atoms with van der Waals surface area (Å²) in [5.74, 6) is -0.747. The summed E-state index contributed by atoms with van der Waals surface area (Å²) in [7, 11) is -10.0. The smallest absolute Gasteiger partial charge is 0.296 e. The number of phenols is 1. The Bertz CT molecular complexity index is 2090. The Labute approximate surface area is 261 Å². The van der Waals surface area contributed by atoms with Gasteiger partial charge in [-0.2, -0.15) is 21.9 Å². The first-order valence-corrected chi connectivity index (χ1v) is 16.6. The number of phenolic OH excluding ortho intramolecular Hbond substituents is 1. The maximum Gasteiger partial charge on any atom is 0.296 e. The Hall–Kier alpha value is -4.37. The number of carbonyl (C=O) groups excluding carboxylic acids is 1. The van der Waals surface area contributed by atoms with Gasteiger partial charge in [0, 0.05) is 17.5 Å². The molecule has 1 amide bonds. The number of nitrogens with zero attached hydrogens (tertiary/aromatic N) is 2. The van der Waals surface area contributed by atoms with Gasteiger partial charge in [-0.25, -0.2) is 0 Å². The zero-order chi connectivity index (χ0) is 33.5. The van der Waals surface area contributed by atoms with Crippen LogP contribution in [0.25, 0.3) is 21.9 Å². The number of nitrogens with one attached hydrogen (secondary N) is 1. The number of hydrogen-bond acceptors (Lipinski definition) is 9. The minimum atomic E-state index is -5.03. The second-order valence-electron chi connectivity index (χ2n) is 11.9. The summed E-state index contributed by atoms with van der Waals surface area (Å²) >= 11 is 0. The number of rotatable bonds is 8. The van der Waals surface area contributed by atoms with Crippen LogP contribution in [0.15, 0.2) is 74.6 Å². The average Bonchev–Trinajstić information content (AvgIpc) is 2.91. The largest absolute Gasteiger partial charge is 0.505 e. The maximum atomic E-state index is 12.4. The number of fused-ring (bicyclic) bond motifs is 1. The number of aromatic hydroxyl groups is 1. The molecule has 0 aliphatic heterocycles. The van der Waals surface area contributed by atoms with E-state index >= 15 is 0 Å². The Balaban J connectivity index is 1.63. The van der Waals surface area contributed by atoms with Crippen LogP contribution < -0.4 is 11.1 Å². The molecule has 0 spiro atoms. The minimum absolute atomic E-state index is 0.0378. The summed E-state index contributed by atoms with van der Waals surface area (Å²) in [6.07, 6.45) is 1.21. The van der Waals surface area contributed by atoms with Crippen molar-refractivity contribution in [2.24, 2.45) is 15.6 Å². The van der Waals surface area contributed by atoms with Crippen LogP contribution in [0.4, 0.5) is 22.7 Å². The van der Waals surface area contributed by atoms with E-state index in [0.29, 0.717) is 18.2 Å². The molecule has 0 atom stereocenters. The molecule has 0 aliphatic rings. The van der Waals surface area contributed by atoms with Gasteiger partial charge in [0.05, 0.1) is 16.8 Å². The second kappa shape index (κ2) is 12.2. The zero-order valence-corrected chi connectivity index (χ0v) is 26.9. The lowest BCUT2D eigenvalue weighted by Gasteiger charge is -2.17. The van der Waals surface area contributed by atoms with Crippen molar-refractivity contribution in [2.45, 2.75) is 57.3 Å². The highest BCUT2D eigenvalue weighted by Crippen LogP contribution is 2.44. The van der Waals surface area contributed by atoms with E-state index < -0.39 is 46.9 Å². The van der Waals surface area contributed by atoms with Gasteiger partial charge in [-0.1, -0.05) is 39.0 Å². The van der Waals surface area contributed by atoms with Crippen molar-refractivity contribution in [1.29, 1.82) is 0 Å². The number of anilines is 2. The van der Waals surface area contributed by atoms with Crippen LogP contribution in [0.1, 0.15) is 44.7 Å². The molecule has 0 unspecified atom stereocenters. The van der Waals surface area contributed by atoms with Crippen molar-refractivity contribution in [3.63, 3.8) is 0 Å². The van der Waals surface area contributed by atoms with Crippen molar-refractivity contribution in [3.8, 4) is 16.9 Å². The number of benzene rings is 4. The van der Waals surface area contributed by atoms with E-state index in [1.54, 1.807) is 6.07 Å². The summed E-state index contributed by atoms with van der Waals surface area (Å²) in [6, 6.07) is 14.1. The molecule has 0 saturated heterocycles. The van der Waals surface area contributed by atoms with Crippen LogP contribution in [0.3, 0.4) is 0 Å². The first kappa shape index (κ1) is 33.5. The van der Waals surface area contributed by atoms with Crippen molar-refractivity contribution in [1.82, 2.24) is 0 Å². The number of nitrogens with two attached hydrogens (primary N) is 1. The van der Waals surface area contributed by atoms with Gasteiger partial charge in [0.2, 0.25) is 5.91 Å². The van der Waals surface area contributed by atoms with Crippen molar-refractivity contribution in [2.75, 3.05) is 11.1 Å². The molecule has 6 N–H and O–H groups in total. The van der Waals surface area contributed by atoms with Gasteiger partial charge in [0.15, 0.2) is 5.75 Å². The molecule has 4 aromatic rings. The standard InChI is InChI=1S/C31H34N4O8S2/c1-17-14-19(6-9-22(17)33-27(36)12-13-31(3,4)5)20-7-10-23(18(2)15-20)34-35-24-11-8-21-25(44(38,39)40)16-26(45(41,42)43)29(32)28(21)30(24)37/h6-11,14-16,37H,12-13,32H2,1-5H3,(H,33,36)(H,38,39,40)(H,41,42,43). The summed E-state index contributed by atoms with van der Waals surface area (Å²) in [4.78, 5) is 10.5. The third-order valence-corrected chi connectivity index (χ3v) is 8.96. The zero-order valence-electron chi connectivity index (χ0n) is 25.3. The van der Waals surface area contributed by atoms with E-state index in [9.17, 15) is 35.8 Å². The maximum absolute atomic E-state index is 12.4. The number of hydrogen-bond donors (Lipinski definition) is 5. The van der Waals surface area contributed by atoms with Gasteiger partial charge >= 0.3 is 0 Å². The predicted molar refractivity (Wildman–Crippen MR) is 173 cm³/mol. The van der Waals surface area contributed by atoms with Crippen molar-refractivity contribution >= 4 is 59.7 Å². The molecule has 12 nitrogen and oxygen atoms in total. The number of nitrogen functional groups attached to an aromatic ring is 1. The summed E-state index contributed by atoms with van der Waals surface area (Å²) in [5.41, 5.74) is 9.76. The van der Waals surface area contributed by atoms with Crippen LogP contribution in [0.2, 0.25) is 0 Å². The highest BCUT2D eigenvalue weighted by atomic mass is 32.2. The molecule has 0 saturated carbocycles. The number of carbonyl (C=O) groups is 1. The molecule has 14 heteroatoms. The van der Waals surface area contributed by atoms with Gasteiger partial charge in [-0.05, 0) is 84.3 Å². The van der Waals surface area contributed by atoms with Crippen molar-refractivity contribution < 1.29 is 35.8 Å². The lowest BCUT2D eigenvalue weighted by Crippen LogP contribution is -2.16. The van der Waals surface area contributed by atoms with Crippen LogP contribution in [0.5, 0.6) is 5.75 Å². The highest BCUT2D eigenvalue weighted by molar-refractivity contribution is 7.87. The first-order valence-electron chi connectivity index (χ1n) is 13.7. The summed E-state index contributed by atoms with van der Waals surface area (Å²) < 4.78 is 66.8. The molecular weight excluding hydrogens is 620 g/mol. The lowest BCUT2D eigenvalue weighted by molar-refractivity contribution is -0.116. The molecular formula is C31H34N4O8S2. The SMILES string of the molecule is Cc1cc(-c2ccc(NC(=O)CCC(C)(C)C)c(C)c2)ccc1N=Nc1ccc2c(S(=O)(=O)O)cc(S(=O)(=O)O)c(N)c2c1O. The molecule has 0 aromatic heterocycles. The van der Waals surface area contributed by atoms with E-state index in [1.807, 2.05) is 44.2 Å². The van der Waals surface area contributed by atoms with E-state index in [-0.39, 0.29) is 22.4 Å². The molecule has 0 heterocycles. The normalized spacial score (nSPS) is 12.6. The molecule has 0 radical (unpaired) electrons. The third-order valence-electron chi connectivity index (χ3n) is 7.17. The summed E-state index contributed by atoms with van der Waals surface area (Å²) in [5, 5.41) is 21.4.